The minimum Gasteiger partial charge on any atom is -0.370 e. The lowest BCUT2D eigenvalue weighted by Gasteiger charge is -2.28. The summed E-state index contributed by atoms with van der Waals surface area (Å²) in [7, 11) is 4.19. The first-order valence-corrected chi connectivity index (χ1v) is 6.80. The summed E-state index contributed by atoms with van der Waals surface area (Å²) in [6.45, 7) is 11.2. The van der Waals surface area contributed by atoms with Crippen molar-refractivity contribution in [2.24, 2.45) is 5.41 Å². The Kier molecular flexibility index (Phi) is 5.54. The van der Waals surface area contributed by atoms with E-state index < -0.39 is 0 Å². The normalized spacial score (nSPS) is 11.7. The summed E-state index contributed by atoms with van der Waals surface area (Å²) in [5.41, 5.74) is 0.195. The lowest BCUT2D eigenvalue weighted by molar-refractivity contribution is 0.254. The highest BCUT2D eigenvalue weighted by Crippen LogP contribution is 2.18. The van der Waals surface area contributed by atoms with Crippen molar-refractivity contribution in [3.63, 3.8) is 0 Å². The molecule has 2 N–H and O–H groups in total. The van der Waals surface area contributed by atoms with E-state index in [9.17, 15) is 0 Å². The standard InChI is InChI=1S/C14H27N5/c1-7-15-12-8-13(18-11(2)17-12)16-9-14(3,4)10-19(5)6/h8H,7,9-10H2,1-6H3,(H2,15,16,17,18). The van der Waals surface area contributed by atoms with Gasteiger partial charge in [0.05, 0.1) is 0 Å². The predicted octanol–water partition coefficient (Wildman–Crippen LogP) is 2.22. The van der Waals surface area contributed by atoms with Crippen molar-refractivity contribution in [3.05, 3.63) is 11.9 Å². The van der Waals surface area contributed by atoms with Gasteiger partial charge in [-0.15, -0.1) is 0 Å². The zero-order valence-corrected chi connectivity index (χ0v) is 13.0. The summed E-state index contributed by atoms with van der Waals surface area (Å²) in [6.07, 6.45) is 0. The van der Waals surface area contributed by atoms with E-state index in [1.165, 1.54) is 0 Å². The Morgan fingerprint density at radius 2 is 1.74 bits per heavy atom. The van der Waals surface area contributed by atoms with E-state index in [1.54, 1.807) is 0 Å². The average molecular weight is 265 g/mol. The zero-order valence-electron chi connectivity index (χ0n) is 13.0. The molecule has 0 atom stereocenters. The Hall–Kier alpha value is -1.36. The van der Waals surface area contributed by atoms with Gasteiger partial charge in [-0.05, 0) is 33.4 Å². The molecule has 1 aromatic rings. The minimum absolute atomic E-state index is 0.195. The van der Waals surface area contributed by atoms with Gasteiger partial charge in [0.15, 0.2) is 0 Å². The number of nitrogens with zero attached hydrogens (tertiary/aromatic N) is 3. The van der Waals surface area contributed by atoms with E-state index in [4.69, 9.17) is 0 Å². The number of aryl methyl sites for hydroxylation is 1. The molecule has 1 aromatic heterocycles. The second-order valence-corrected chi connectivity index (χ2v) is 5.97. The maximum Gasteiger partial charge on any atom is 0.131 e. The van der Waals surface area contributed by atoms with Crippen molar-refractivity contribution in [1.82, 2.24) is 14.9 Å². The summed E-state index contributed by atoms with van der Waals surface area (Å²) in [5, 5.41) is 6.63. The fourth-order valence-corrected chi connectivity index (χ4v) is 2.17. The van der Waals surface area contributed by atoms with Crippen molar-refractivity contribution in [2.75, 3.05) is 44.4 Å². The topological polar surface area (TPSA) is 53.1 Å². The van der Waals surface area contributed by atoms with Gasteiger partial charge in [-0.25, -0.2) is 9.97 Å². The molecule has 0 aliphatic carbocycles. The summed E-state index contributed by atoms with van der Waals surface area (Å²) in [4.78, 5) is 11.0. The van der Waals surface area contributed by atoms with Gasteiger partial charge in [-0.1, -0.05) is 13.8 Å². The highest BCUT2D eigenvalue weighted by molar-refractivity contribution is 5.47. The molecule has 0 radical (unpaired) electrons. The third-order valence-corrected chi connectivity index (χ3v) is 2.69. The van der Waals surface area contributed by atoms with E-state index >= 15 is 0 Å². The third kappa shape index (κ3) is 5.87. The Labute approximate surface area is 116 Å². The number of anilines is 2. The van der Waals surface area contributed by atoms with Crippen molar-refractivity contribution < 1.29 is 0 Å². The van der Waals surface area contributed by atoms with Crippen molar-refractivity contribution in [1.29, 1.82) is 0 Å². The predicted molar refractivity (Wildman–Crippen MR) is 81.8 cm³/mol. The average Bonchev–Trinajstić information content (AvgIpc) is 2.24. The van der Waals surface area contributed by atoms with E-state index in [0.717, 1.165) is 37.1 Å². The molecule has 0 aromatic carbocycles. The van der Waals surface area contributed by atoms with E-state index in [0.29, 0.717) is 0 Å². The van der Waals surface area contributed by atoms with Gasteiger partial charge in [0, 0.05) is 25.7 Å². The highest BCUT2D eigenvalue weighted by Gasteiger charge is 2.18. The lowest BCUT2D eigenvalue weighted by atomic mass is 9.93. The van der Waals surface area contributed by atoms with Crippen LogP contribution in [0.2, 0.25) is 0 Å². The second-order valence-electron chi connectivity index (χ2n) is 5.97. The molecule has 0 bridgehead atoms. The Balaban J connectivity index is 2.66. The van der Waals surface area contributed by atoms with Crippen LogP contribution in [0.25, 0.3) is 0 Å². The smallest absolute Gasteiger partial charge is 0.131 e. The van der Waals surface area contributed by atoms with Crippen LogP contribution in [-0.2, 0) is 0 Å². The van der Waals surface area contributed by atoms with Crippen LogP contribution in [0.3, 0.4) is 0 Å². The molecular formula is C14H27N5. The molecule has 0 saturated carbocycles. The fraction of sp³-hybridized carbons (Fsp3) is 0.714. The van der Waals surface area contributed by atoms with E-state index in [-0.39, 0.29) is 5.41 Å². The monoisotopic (exact) mass is 265 g/mol. The van der Waals surface area contributed by atoms with Crippen molar-refractivity contribution in [2.45, 2.75) is 27.7 Å². The first kappa shape index (κ1) is 15.7. The van der Waals surface area contributed by atoms with Crippen molar-refractivity contribution >= 4 is 11.6 Å². The van der Waals surface area contributed by atoms with Crippen LogP contribution in [0.5, 0.6) is 0 Å². The van der Waals surface area contributed by atoms with Gasteiger partial charge in [0.25, 0.3) is 0 Å². The molecular weight excluding hydrogens is 238 g/mol. The fourth-order valence-electron chi connectivity index (χ4n) is 2.17. The summed E-state index contributed by atoms with van der Waals surface area (Å²) >= 11 is 0. The van der Waals surface area contributed by atoms with Crippen molar-refractivity contribution in [3.8, 4) is 0 Å². The van der Waals surface area contributed by atoms with Gasteiger partial charge in [0.1, 0.15) is 17.5 Å². The van der Waals surface area contributed by atoms with Crippen LogP contribution in [0.4, 0.5) is 11.6 Å². The number of rotatable bonds is 7. The van der Waals surface area contributed by atoms with Crippen LogP contribution in [-0.4, -0.2) is 48.6 Å². The number of aromatic nitrogens is 2. The lowest BCUT2D eigenvalue weighted by Crippen LogP contribution is -2.34. The van der Waals surface area contributed by atoms with Gasteiger partial charge in [0.2, 0.25) is 0 Å². The molecule has 0 amide bonds. The minimum atomic E-state index is 0.195. The van der Waals surface area contributed by atoms with Crippen LogP contribution in [0.15, 0.2) is 6.07 Å². The van der Waals surface area contributed by atoms with Gasteiger partial charge >= 0.3 is 0 Å². The van der Waals surface area contributed by atoms with Crippen LogP contribution >= 0.6 is 0 Å². The first-order chi connectivity index (χ1) is 8.82. The molecule has 0 spiro atoms. The SMILES string of the molecule is CCNc1cc(NCC(C)(C)CN(C)C)nc(C)n1. The molecule has 5 heteroatoms. The highest BCUT2D eigenvalue weighted by atomic mass is 15.1. The van der Waals surface area contributed by atoms with E-state index in [2.05, 4.69) is 60.4 Å². The Bertz CT molecular complexity index is 401. The van der Waals surface area contributed by atoms with Gasteiger partial charge in [-0.3, -0.25) is 0 Å². The molecule has 0 saturated heterocycles. The van der Waals surface area contributed by atoms with Crippen LogP contribution < -0.4 is 10.6 Å². The molecule has 5 nitrogen and oxygen atoms in total. The summed E-state index contributed by atoms with van der Waals surface area (Å²) in [5.74, 6) is 2.55. The maximum absolute atomic E-state index is 4.42. The molecule has 0 aliphatic rings. The Morgan fingerprint density at radius 1 is 1.16 bits per heavy atom. The van der Waals surface area contributed by atoms with Gasteiger partial charge in [-0.2, -0.15) is 0 Å². The molecule has 1 rings (SSSR count). The molecule has 0 unspecified atom stereocenters. The second kappa shape index (κ2) is 6.70. The van der Waals surface area contributed by atoms with Gasteiger partial charge < -0.3 is 15.5 Å². The summed E-state index contributed by atoms with van der Waals surface area (Å²) in [6, 6.07) is 1.96. The summed E-state index contributed by atoms with van der Waals surface area (Å²) < 4.78 is 0. The quantitative estimate of drug-likeness (QED) is 0.791. The van der Waals surface area contributed by atoms with E-state index in [1.807, 2.05) is 13.0 Å². The molecule has 0 fully saturated rings. The molecule has 108 valence electrons. The zero-order chi connectivity index (χ0) is 14.5. The number of hydrogen-bond donors (Lipinski definition) is 2. The number of nitrogens with one attached hydrogen (secondary N) is 2. The Morgan fingerprint density at radius 3 is 2.26 bits per heavy atom. The largest absolute Gasteiger partial charge is 0.370 e. The number of hydrogen-bond acceptors (Lipinski definition) is 5. The third-order valence-electron chi connectivity index (χ3n) is 2.69. The molecule has 1 heterocycles. The molecule has 0 aliphatic heterocycles. The van der Waals surface area contributed by atoms with Crippen LogP contribution in [0, 0.1) is 12.3 Å². The maximum atomic E-state index is 4.42. The van der Waals surface area contributed by atoms with Crippen LogP contribution in [0.1, 0.15) is 26.6 Å². The first-order valence-electron chi connectivity index (χ1n) is 6.80. The molecule has 19 heavy (non-hydrogen) atoms.